The summed E-state index contributed by atoms with van der Waals surface area (Å²) in [6.07, 6.45) is 3.11. The van der Waals surface area contributed by atoms with Crippen LogP contribution in [0.1, 0.15) is 47.0 Å². The number of rotatable bonds is 7. The minimum atomic E-state index is -0.325. The van der Waals surface area contributed by atoms with E-state index in [0.29, 0.717) is 0 Å². The zero-order valence-corrected chi connectivity index (χ0v) is 10.7. The van der Waals surface area contributed by atoms with Crippen LogP contribution in [0.15, 0.2) is 0 Å². The molecule has 0 aliphatic heterocycles. The summed E-state index contributed by atoms with van der Waals surface area (Å²) in [4.78, 5) is 13.8. The molecule has 1 unspecified atom stereocenters. The maximum absolute atomic E-state index is 11.9. The summed E-state index contributed by atoms with van der Waals surface area (Å²) in [5.74, 6) is 0.101. The first-order chi connectivity index (χ1) is 7.04. The number of amides is 1. The van der Waals surface area contributed by atoms with E-state index in [1.165, 1.54) is 12.8 Å². The van der Waals surface area contributed by atoms with E-state index in [0.717, 1.165) is 13.0 Å². The van der Waals surface area contributed by atoms with Gasteiger partial charge in [0, 0.05) is 19.7 Å². The molecule has 0 radical (unpaired) electrons. The SMILES string of the molecule is CCCCCN(C(=O)C(C)OC)C(C)C. The fourth-order valence-electron chi connectivity index (χ4n) is 1.49. The molecule has 0 aromatic carbocycles. The van der Waals surface area contributed by atoms with Crippen LogP contribution in [0.25, 0.3) is 0 Å². The molecule has 0 heterocycles. The van der Waals surface area contributed by atoms with Crippen molar-refractivity contribution < 1.29 is 9.53 Å². The van der Waals surface area contributed by atoms with Crippen molar-refractivity contribution in [1.82, 2.24) is 4.90 Å². The van der Waals surface area contributed by atoms with Crippen LogP contribution in [0.5, 0.6) is 0 Å². The highest BCUT2D eigenvalue weighted by atomic mass is 16.5. The summed E-state index contributed by atoms with van der Waals surface area (Å²) < 4.78 is 5.06. The van der Waals surface area contributed by atoms with Crippen molar-refractivity contribution in [2.45, 2.75) is 59.1 Å². The second-order valence-corrected chi connectivity index (χ2v) is 4.21. The Morgan fingerprint density at radius 2 is 1.87 bits per heavy atom. The largest absolute Gasteiger partial charge is 0.372 e. The standard InChI is InChI=1S/C12H25NO2/c1-6-7-8-9-13(10(2)3)12(14)11(4)15-5/h10-11H,6-9H2,1-5H3. The van der Waals surface area contributed by atoms with Gasteiger partial charge in [0.15, 0.2) is 0 Å². The Kier molecular flexibility index (Phi) is 7.39. The first kappa shape index (κ1) is 14.4. The molecule has 15 heavy (non-hydrogen) atoms. The van der Waals surface area contributed by atoms with Crippen LogP contribution in [0.2, 0.25) is 0 Å². The van der Waals surface area contributed by atoms with Gasteiger partial charge in [-0.1, -0.05) is 19.8 Å². The molecule has 0 rings (SSSR count). The molecule has 0 aliphatic rings. The summed E-state index contributed by atoms with van der Waals surface area (Å²) >= 11 is 0. The number of hydrogen-bond acceptors (Lipinski definition) is 2. The minimum absolute atomic E-state index is 0.101. The fraction of sp³-hybridized carbons (Fsp3) is 0.917. The Morgan fingerprint density at radius 3 is 2.27 bits per heavy atom. The predicted molar refractivity (Wildman–Crippen MR) is 62.8 cm³/mol. The highest BCUT2D eigenvalue weighted by Gasteiger charge is 2.21. The van der Waals surface area contributed by atoms with E-state index in [1.54, 1.807) is 14.0 Å². The van der Waals surface area contributed by atoms with E-state index >= 15 is 0 Å². The average Bonchev–Trinajstić information content (AvgIpc) is 2.22. The van der Waals surface area contributed by atoms with Crippen LogP contribution in [-0.4, -0.2) is 36.6 Å². The smallest absolute Gasteiger partial charge is 0.251 e. The number of hydrogen-bond donors (Lipinski definition) is 0. The van der Waals surface area contributed by atoms with E-state index in [2.05, 4.69) is 6.92 Å². The Bertz CT molecular complexity index is 180. The summed E-state index contributed by atoms with van der Waals surface area (Å²) in [6.45, 7) is 8.91. The molecule has 0 aromatic rings. The van der Waals surface area contributed by atoms with E-state index < -0.39 is 0 Å². The average molecular weight is 215 g/mol. The lowest BCUT2D eigenvalue weighted by Gasteiger charge is -2.29. The maximum Gasteiger partial charge on any atom is 0.251 e. The molecule has 1 amide bonds. The van der Waals surface area contributed by atoms with Crippen LogP contribution in [-0.2, 0) is 9.53 Å². The molecule has 0 aliphatic carbocycles. The highest BCUT2D eigenvalue weighted by molar-refractivity contribution is 5.80. The van der Waals surface area contributed by atoms with Crippen LogP contribution in [0, 0.1) is 0 Å². The number of ether oxygens (including phenoxy) is 1. The van der Waals surface area contributed by atoms with Crippen molar-refractivity contribution in [1.29, 1.82) is 0 Å². The third-order valence-electron chi connectivity index (χ3n) is 2.61. The van der Waals surface area contributed by atoms with Gasteiger partial charge in [0.05, 0.1) is 0 Å². The zero-order chi connectivity index (χ0) is 11.8. The van der Waals surface area contributed by atoms with Gasteiger partial charge in [-0.15, -0.1) is 0 Å². The lowest BCUT2D eigenvalue weighted by Crippen LogP contribution is -2.43. The monoisotopic (exact) mass is 215 g/mol. The van der Waals surface area contributed by atoms with Gasteiger partial charge in [0.2, 0.25) is 0 Å². The quantitative estimate of drug-likeness (QED) is 0.610. The van der Waals surface area contributed by atoms with Crippen molar-refractivity contribution >= 4 is 5.91 Å². The molecule has 0 saturated carbocycles. The van der Waals surface area contributed by atoms with Crippen LogP contribution in [0.3, 0.4) is 0 Å². The molecule has 0 aromatic heterocycles. The Balaban J connectivity index is 4.19. The van der Waals surface area contributed by atoms with Gasteiger partial charge in [-0.3, -0.25) is 4.79 Å². The van der Waals surface area contributed by atoms with Crippen LogP contribution in [0.4, 0.5) is 0 Å². The normalized spacial score (nSPS) is 12.9. The van der Waals surface area contributed by atoms with Gasteiger partial charge in [-0.25, -0.2) is 0 Å². The molecule has 0 bridgehead atoms. The van der Waals surface area contributed by atoms with Crippen molar-refractivity contribution in [2.24, 2.45) is 0 Å². The number of unbranched alkanes of at least 4 members (excludes halogenated alkanes) is 2. The lowest BCUT2D eigenvalue weighted by atomic mass is 10.2. The molecule has 0 spiro atoms. The van der Waals surface area contributed by atoms with E-state index in [-0.39, 0.29) is 18.1 Å². The number of carbonyl (C=O) groups excluding carboxylic acids is 1. The number of nitrogens with zero attached hydrogens (tertiary/aromatic N) is 1. The topological polar surface area (TPSA) is 29.5 Å². The Morgan fingerprint density at radius 1 is 1.27 bits per heavy atom. The minimum Gasteiger partial charge on any atom is -0.372 e. The summed E-state index contributed by atoms with van der Waals surface area (Å²) in [5, 5.41) is 0. The summed E-state index contributed by atoms with van der Waals surface area (Å²) in [7, 11) is 1.58. The van der Waals surface area contributed by atoms with Gasteiger partial charge in [0.25, 0.3) is 5.91 Å². The molecule has 0 saturated heterocycles. The summed E-state index contributed by atoms with van der Waals surface area (Å²) in [5.41, 5.74) is 0. The van der Waals surface area contributed by atoms with Gasteiger partial charge in [0.1, 0.15) is 6.10 Å². The van der Waals surface area contributed by atoms with E-state index in [4.69, 9.17) is 4.74 Å². The summed E-state index contributed by atoms with van der Waals surface area (Å²) in [6, 6.07) is 0.256. The zero-order valence-electron chi connectivity index (χ0n) is 10.7. The van der Waals surface area contributed by atoms with Crippen molar-refractivity contribution in [3.8, 4) is 0 Å². The second-order valence-electron chi connectivity index (χ2n) is 4.21. The maximum atomic E-state index is 11.9. The van der Waals surface area contributed by atoms with Gasteiger partial charge in [-0.05, 0) is 27.2 Å². The van der Waals surface area contributed by atoms with Gasteiger partial charge < -0.3 is 9.64 Å². The number of carbonyl (C=O) groups is 1. The Hall–Kier alpha value is -0.570. The first-order valence-electron chi connectivity index (χ1n) is 5.87. The first-order valence-corrected chi connectivity index (χ1v) is 5.87. The highest BCUT2D eigenvalue weighted by Crippen LogP contribution is 2.07. The third-order valence-corrected chi connectivity index (χ3v) is 2.61. The van der Waals surface area contributed by atoms with Crippen LogP contribution < -0.4 is 0 Å². The molecule has 0 fully saturated rings. The lowest BCUT2D eigenvalue weighted by molar-refractivity contribution is -0.142. The van der Waals surface area contributed by atoms with Gasteiger partial charge >= 0.3 is 0 Å². The molecular weight excluding hydrogens is 190 g/mol. The van der Waals surface area contributed by atoms with Crippen LogP contribution >= 0.6 is 0 Å². The van der Waals surface area contributed by atoms with Crippen molar-refractivity contribution in [3.05, 3.63) is 0 Å². The molecule has 3 nitrogen and oxygen atoms in total. The molecule has 3 heteroatoms. The molecule has 0 N–H and O–H groups in total. The molecule has 90 valence electrons. The third kappa shape index (κ3) is 5.17. The fourth-order valence-corrected chi connectivity index (χ4v) is 1.49. The molecular formula is C12H25NO2. The number of methoxy groups -OCH3 is 1. The van der Waals surface area contributed by atoms with Gasteiger partial charge in [-0.2, -0.15) is 0 Å². The van der Waals surface area contributed by atoms with Crippen molar-refractivity contribution in [2.75, 3.05) is 13.7 Å². The predicted octanol–water partition coefficient (Wildman–Crippen LogP) is 2.45. The van der Waals surface area contributed by atoms with Crippen molar-refractivity contribution in [3.63, 3.8) is 0 Å². The molecule has 1 atom stereocenters. The van der Waals surface area contributed by atoms with E-state index in [9.17, 15) is 4.79 Å². The van der Waals surface area contributed by atoms with E-state index in [1.807, 2.05) is 18.7 Å². The second kappa shape index (κ2) is 7.69. The Labute approximate surface area is 93.8 Å².